The van der Waals surface area contributed by atoms with E-state index in [2.05, 4.69) is 6.92 Å². The number of hydroxylamine groups is 2. The number of hydrogen-bond donors (Lipinski definition) is 1. The van der Waals surface area contributed by atoms with Crippen molar-refractivity contribution in [1.82, 2.24) is 5.06 Å². The molecule has 0 fully saturated rings. The Labute approximate surface area is 55.2 Å². The van der Waals surface area contributed by atoms with Gasteiger partial charge in [0, 0.05) is 13.5 Å². The predicted octanol–water partition coefficient (Wildman–Crippen LogP) is 0.838. The Morgan fingerprint density at radius 3 is 2.67 bits per heavy atom. The molecule has 0 rings (SSSR count). The second-order valence-corrected chi connectivity index (χ2v) is 1.87. The van der Waals surface area contributed by atoms with Crippen LogP contribution >= 0.6 is 0 Å². The lowest BCUT2D eigenvalue weighted by Gasteiger charge is -2.10. The summed E-state index contributed by atoms with van der Waals surface area (Å²) in [6.07, 6.45) is 1.78. The van der Waals surface area contributed by atoms with E-state index in [1.54, 1.807) is 0 Å². The van der Waals surface area contributed by atoms with Gasteiger partial charge in [0.1, 0.15) is 0 Å². The van der Waals surface area contributed by atoms with Gasteiger partial charge in [-0.25, -0.2) is 5.06 Å². The largest absolute Gasteiger partial charge is 0.286 e. The van der Waals surface area contributed by atoms with Gasteiger partial charge >= 0.3 is 0 Å². The lowest BCUT2D eigenvalue weighted by molar-refractivity contribution is -0.159. The quantitative estimate of drug-likeness (QED) is 0.454. The van der Waals surface area contributed by atoms with Crippen molar-refractivity contribution in [3.63, 3.8) is 0 Å². The lowest BCUT2D eigenvalue weighted by atomic mass is 10.3. The highest BCUT2D eigenvalue weighted by molar-refractivity contribution is 5.78. The first kappa shape index (κ1) is 8.43. The van der Waals surface area contributed by atoms with E-state index in [-0.39, 0.29) is 0 Å². The molecule has 0 bridgehead atoms. The zero-order valence-corrected chi connectivity index (χ0v) is 5.63. The van der Waals surface area contributed by atoms with E-state index >= 15 is 0 Å². The summed E-state index contributed by atoms with van der Waals surface area (Å²) in [6, 6.07) is 0. The molecule has 0 aromatic heterocycles. The Morgan fingerprint density at radius 1 is 1.78 bits per heavy atom. The van der Waals surface area contributed by atoms with Crippen LogP contribution in [-0.4, -0.2) is 22.7 Å². The summed E-state index contributed by atoms with van der Waals surface area (Å²) < 4.78 is 0. The van der Waals surface area contributed by atoms with Gasteiger partial charge in [0.25, 0.3) is 0 Å². The average molecular weight is 130 g/mol. The van der Waals surface area contributed by atoms with Gasteiger partial charge in [0.2, 0.25) is 5.91 Å². The summed E-state index contributed by atoms with van der Waals surface area (Å²) in [4.78, 5) is 10.2. The molecule has 0 aliphatic carbocycles. The average Bonchev–Trinajstić information content (AvgIpc) is 1.82. The Bertz CT molecular complexity index is 93.1. The fraction of sp³-hybridized carbons (Fsp3) is 0.667. The number of unbranched alkanes of at least 4 members (excludes halogenated alkanes) is 1. The Hall–Kier alpha value is -0.570. The van der Waals surface area contributed by atoms with Crippen LogP contribution in [0.15, 0.2) is 0 Å². The van der Waals surface area contributed by atoms with Crippen molar-refractivity contribution >= 4 is 5.91 Å². The third-order valence-electron chi connectivity index (χ3n) is 1.01. The molecule has 0 saturated heterocycles. The summed E-state index contributed by atoms with van der Waals surface area (Å²) in [7, 11) is 0. The standard InChI is InChI=1S/C6H12NO2/c1-3-4-5-7(9)6(2)8/h9H,2-5H2,1H3. The first-order valence-corrected chi connectivity index (χ1v) is 3.00. The SMILES string of the molecule is [CH2]C(=O)N(O)CCCC. The Kier molecular flexibility index (Phi) is 4.05. The molecule has 1 radical (unpaired) electrons. The van der Waals surface area contributed by atoms with Crippen molar-refractivity contribution in [1.29, 1.82) is 0 Å². The third-order valence-corrected chi connectivity index (χ3v) is 1.01. The third kappa shape index (κ3) is 3.97. The molecule has 3 heteroatoms. The predicted molar refractivity (Wildman–Crippen MR) is 33.8 cm³/mol. The molecule has 0 aromatic carbocycles. The van der Waals surface area contributed by atoms with E-state index in [0.29, 0.717) is 11.6 Å². The van der Waals surface area contributed by atoms with Crippen molar-refractivity contribution in [3.05, 3.63) is 6.92 Å². The molecule has 1 N–H and O–H groups in total. The number of hydrogen-bond acceptors (Lipinski definition) is 2. The van der Waals surface area contributed by atoms with E-state index < -0.39 is 5.91 Å². The highest BCUT2D eigenvalue weighted by atomic mass is 16.5. The maximum Gasteiger partial charge on any atom is 0.246 e. The van der Waals surface area contributed by atoms with Gasteiger partial charge in [-0.2, -0.15) is 0 Å². The van der Waals surface area contributed by atoms with E-state index in [1.807, 2.05) is 6.92 Å². The molecule has 0 aliphatic rings. The first-order chi connectivity index (χ1) is 4.18. The van der Waals surface area contributed by atoms with Crippen LogP contribution in [0.25, 0.3) is 0 Å². The van der Waals surface area contributed by atoms with Gasteiger partial charge in [0.15, 0.2) is 0 Å². The molecule has 0 saturated carbocycles. The number of amides is 1. The van der Waals surface area contributed by atoms with Gasteiger partial charge < -0.3 is 0 Å². The van der Waals surface area contributed by atoms with Crippen LogP contribution in [-0.2, 0) is 4.79 Å². The molecule has 0 spiro atoms. The van der Waals surface area contributed by atoms with Crippen molar-refractivity contribution < 1.29 is 10.0 Å². The van der Waals surface area contributed by atoms with Crippen LogP contribution in [0.3, 0.4) is 0 Å². The number of carbonyl (C=O) groups is 1. The number of nitrogens with zero attached hydrogens (tertiary/aromatic N) is 1. The number of carbonyl (C=O) groups excluding carboxylic acids is 1. The van der Waals surface area contributed by atoms with E-state index in [4.69, 9.17) is 5.21 Å². The van der Waals surface area contributed by atoms with Crippen LogP contribution < -0.4 is 0 Å². The van der Waals surface area contributed by atoms with Gasteiger partial charge in [-0.05, 0) is 6.42 Å². The first-order valence-electron chi connectivity index (χ1n) is 3.00. The molecule has 0 heterocycles. The summed E-state index contributed by atoms with van der Waals surface area (Å²) in [5, 5.41) is 9.31. The van der Waals surface area contributed by atoms with E-state index in [1.165, 1.54) is 0 Å². The molecular weight excluding hydrogens is 118 g/mol. The van der Waals surface area contributed by atoms with Crippen LogP contribution in [0.2, 0.25) is 0 Å². The van der Waals surface area contributed by atoms with Gasteiger partial charge in [0.05, 0.1) is 0 Å². The van der Waals surface area contributed by atoms with Crippen LogP contribution in [0.4, 0.5) is 0 Å². The maximum atomic E-state index is 10.2. The summed E-state index contributed by atoms with van der Waals surface area (Å²) >= 11 is 0. The Balaban J connectivity index is 3.27. The minimum absolute atomic E-state index is 0.388. The normalized spacial score (nSPS) is 9.22. The van der Waals surface area contributed by atoms with Crippen molar-refractivity contribution in [2.24, 2.45) is 0 Å². The van der Waals surface area contributed by atoms with Crippen LogP contribution in [0.5, 0.6) is 0 Å². The van der Waals surface area contributed by atoms with E-state index in [9.17, 15) is 4.79 Å². The smallest absolute Gasteiger partial charge is 0.246 e. The molecule has 0 atom stereocenters. The fourth-order valence-electron chi connectivity index (χ4n) is 0.433. The zero-order valence-electron chi connectivity index (χ0n) is 5.63. The van der Waals surface area contributed by atoms with Crippen LogP contribution in [0.1, 0.15) is 19.8 Å². The van der Waals surface area contributed by atoms with E-state index in [0.717, 1.165) is 12.8 Å². The molecule has 53 valence electrons. The molecule has 0 aromatic rings. The van der Waals surface area contributed by atoms with Crippen molar-refractivity contribution in [3.8, 4) is 0 Å². The maximum absolute atomic E-state index is 10.2. The molecule has 1 amide bonds. The fourth-order valence-corrected chi connectivity index (χ4v) is 0.433. The highest BCUT2D eigenvalue weighted by Crippen LogP contribution is 1.90. The van der Waals surface area contributed by atoms with Crippen LogP contribution in [0, 0.1) is 6.92 Å². The highest BCUT2D eigenvalue weighted by Gasteiger charge is 2.00. The summed E-state index contributed by atoms with van der Waals surface area (Å²) in [5.74, 6) is -0.538. The molecule has 0 aliphatic heterocycles. The zero-order chi connectivity index (χ0) is 7.28. The topological polar surface area (TPSA) is 40.5 Å². The number of rotatable bonds is 3. The van der Waals surface area contributed by atoms with Gasteiger partial charge in [-0.1, -0.05) is 13.3 Å². The molecule has 3 nitrogen and oxygen atoms in total. The summed E-state index contributed by atoms with van der Waals surface area (Å²) in [6.45, 7) is 5.40. The van der Waals surface area contributed by atoms with Crippen molar-refractivity contribution in [2.75, 3.05) is 6.54 Å². The van der Waals surface area contributed by atoms with Gasteiger partial charge in [-0.3, -0.25) is 10.0 Å². The minimum Gasteiger partial charge on any atom is -0.286 e. The van der Waals surface area contributed by atoms with Crippen molar-refractivity contribution in [2.45, 2.75) is 19.8 Å². The summed E-state index contributed by atoms with van der Waals surface area (Å²) in [5.41, 5.74) is 0. The second-order valence-electron chi connectivity index (χ2n) is 1.87. The lowest BCUT2D eigenvalue weighted by Crippen LogP contribution is -2.25. The second kappa shape index (κ2) is 4.32. The molecule has 9 heavy (non-hydrogen) atoms. The van der Waals surface area contributed by atoms with Gasteiger partial charge in [-0.15, -0.1) is 0 Å². The molecule has 0 unspecified atom stereocenters. The molecular formula is C6H12NO2. The monoisotopic (exact) mass is 130 g/mol. The minimum atomic E-state index is -0.538. The Morgan fingerprint density at radius 2 is 2.33 bits per heavy atom.